The summed E-state index contributed by atoms with van der Waals surface area (Å²) in [5, 5.41) is 11.3. The van der Waals surface area contributed by atoms with E-state index in [0.29, 0.717) is 31.6 Å². The lowest BCUT2D eigenvalue weighted by Crippen LogP contribution is -2.28. The molecule has 9 heteroatoms. The van der Waals surface area contributed by atoms with Gasteiger partial charge in [0, 0.05) is 31.6 Å². The van der Waals surface area contributed by atoms with Gasteiger partial charge >= 0.3 is 5.97 Å². The second-order valence-electron chi connectivity index (χ2n) is 5.91. The van der Waals surface area contributed by atoms with Gasteiger partial charge in [-0.1, -0.05) is 11.6 Å². The molecule has 0 radical (unpaired) electrons. The molecule has 0 unspecified atom stereocenters. The zero-order chi connectivity index (χ0) is 18.4. The van der Waals surface area contributed by atoms with Crippen molar-refractivity contribution < 1.29 is 23.1 Å². The number of carboxylic acids is 1. The molecule has 1 fully saturated rings. The highest BCUT2D eigenvalue weighted by molar-refractivity contribution is 7.89. The van der Waals surface area contributed by atoms with E-state index < -0.39 is 16.0 Å². The quantitative estimate of drug-likeness (QED) is 0.666. The summed E-state index contributed by atoms with van der Waals surface area (Å²) < 4.78 is 26.7. The summed E-state index contributed by atoms with van der Waals surface area (Å²) in [6, 6.07) is 4.36. The van der Waals surface area contributed by atoms with Crippen molar-refractivity contribution in [3.05, 3.63) is 23.2 Å². The monoisotopic (exact) mass is 388 g/mol. The highest BCUT2D eigenvalue weighted by atomic mass is 35.5. The molecule has 0 aromatic heterocycles. The minimum absolute atomic E-state index is 0.0141. The third-order valence-electron chi connectivity index (χ3n) is 3.94. The number of carboxylic acid groups (broad SMARTS) is 1. The molecule has 1 amide bonds. The lowest BCUT2D eigenvalue weighted by atomic mass is 10.2. The first kappa shape index (κ1) is 19.7. The van der Waals surface area contributed by atoms with Crippen molar-refractivity contribution >= 4 is 39.2 Å². The molecule has 25 heavy (non-hydrogen) atoms. The Balaban J connectivity index is 2.03. The zero-order valence-electron chi connectivity index (χ0n) is 13.7. The van der Waals surface area contributed by atoms with Crippen molar-refractivity contribution in [2.75, 3.05) is 18.4 Å². The molecule has 1 saturated heterocycles. The number of halogens is 1. The van der Waals surface area contributed by atoms with Gasteiger partial charge in [0.25, 0.3) is 0 Å². The minimum atomic E-state index is -3.67. The van der Waals surface area contributed by atoms with E-state index in [-0.39, 0.29) is 28.7 Å². The van der Waals surface area contributed by atoms with E-state index >= 15 is 0 Å². The van der Waals surface area contributed by atoms with Crippen molar-refractivity contribution in [1.82, 2.24) is 4.31 Å². The molecule has 0 saturated carbocycles. The number of sulfonamides is 1. The first-order valence-electron chi connectivity index (χ1n) is 8.12. The summed E-state index contributed by atoms with van der Waals surface area (Å²) >= 11 is 6.05. The Hall–Kier alpha value is -1.64. The molecule has 7 nitrogen and oxygen atoms in total. The molecule has 2 N–H and O–H groups in total. The molecule has 0 aliphatic carbocycles. The number of rotatable bonds is 8. The Bertz CT molecular complexity index is 745. The Morgan fingerprint density at radius 3 is 2.44 bits per heavy atom. The molecular formula is C16H21ClN2O5S. The van der Waals surface area contributed by atoms with Crippen LogP contribution in [0.3, 0.4) is 0 Å². The van der Waals surface area contributed by atoms with Gasteiger partial charge in [0.1, 0.15) is 4.90 Å². The van der Waals surface area contributed by atoms with E-state index in [4.69, 9.17) is 16.7 Å². The van der Waals surface area contributed by atoms with E-state index in [1.807, 2.05) is 0 Å². The number of nitrogens with zero attached hydrogens (tertiary/aromatic N) is 1. The van der Waals surface area contributed by atoms with Gasteiger partial charge in [-0.2, -0.15) is 4.31 Å². The molecule has 1 aliphatic heterocycles. The average molecular weight is 389 g/mol. The summed E-state index contributed by atoms with van der Waals surface area (Å²) in [5.41, 5.74) is 0.352. The van der Waals surface area contributed by atoms with Crippen LogP contribution in [0.5, 0.6) is 0 Å². The number of carbonyl (C=O) groups is 2. The van der Waals surface area contributed by atoms with Crippen molar-refractivity contribution in [3.63, 3.8) is 0 Å². The second-order valence-corrected chi connectivity index (χ2v) is 8.22. The van der Waals surface area contributed by atoms with Gasteiger partial charge in [-0.05, 0) is 43.9 Å². The van der Waals surface area contributed by atoms with Crippen molar-refractivity contribution in [1.29, 1.82) is 0 Å². The van der Waals surface area contributed by atoms with Gasteiger partial charge in [-0.3, -0.25) is 9.59 Å². The van der Waals surface area contributed by atoms with Crippen LogP contribution in [-0.4, -0.2) is 42.8 Å². The Morgan fingerprint density at radius 1 is 1.16 bits per heavy atom. The van der Waals surface area contributed by atoms with Crippen LogP contribution in [0.1, 0.15) is 38.5 Å². The number of hydrogen-bond acceptors (Lipinski definition) is 4. The number of nitrogens with one attached hydrogen (secondary N) is 1. The van der Waals surface area contributed by atoms with Gasteiger partial charge in [0.15, 0.2) is 0 Å². The fraction of sp³-hybridized carbons (Fsp3) is 0.500. The summed E-state index contributed by atoms with van der Waals surface area (Å²) in [7, 11) is -3.67. The number of unbranched alkanes of at least 4 members (excludes halogenated alkanes) is 1. The van der Waals surface area contributed by atoms with Crippen molar-refractivity contribution in [2.24, 2.45) is 0 Å². The lowest BCUT2D eigenvalue weighted by molar-refractivity contribution is -0.137. The number of hydrogen-bond donors (Lipinski definition) is 2. The Labute approximate surface area is 152 Å². The molecule has 1 aromatic rings. The second kappa shape index (κ2) is 8.64. The predicted molar refractivity (Wildman–Crippen MR) is 94.2 cm³/mol. The van der Waals surface area contributed by atoms with E-state index in [0.717, 1.165) is 12.8 Å². The van der Waals surface area contributed by atoms with Crippen LogP contribution >= 0.6 is 11.6 Å². The van der Waals surface area contributed by atoms with Crippen LogP contribution in [0.25, 0.3) is 0 Å². The maximum Gasteiger partial charge on any atom is 0.303 e. The number of anilines is 1. The molecule has 0 atom stereocenters. The van der Waals surface area contributed by atoms with Crippen LogP contribution in [0, 0.1) is 0 Å². The van der Waals surface area contributed by atoms with Crippen molar-refractivity contribution in [3.8, 4) is 0 Å². The van der Waals surface area contributed by atoms with E-state index in [9.17, 15) is 18.0 Å². The van der Waals surface area contributed by atoms with Crippen LogP contribution < -0.4 is 5.32 Å². The van der Waals surface area contributed by atoms with Gasteiger partial charge < -0.3 is 10.4 Å². The van der Waals surface area contributed by atoms with E-state index in [1.165, 1.54) is 16.4 Å². The highest BCUT2D eigenvalue weighted by Crippen LogP contribution is 2.29. The Kier molecular flexibility index (Phi) is 6.80. The largest absolute Gasteiger partial charge is 0.481 e. The molecule has 1 aliphatic rings. The molecule has 1 aromatic carbocycles. The van der Waals surface area contributed by atoms with Crippen LogP contribution in [-0.2, 0) is 19.6 Å². The SMILES string of the molecule is O=C(O)CCCCC(=O)Nc1ccc(Cl)c(S(=O)(=O)N2CCCC2)c1. The number of benzene rings is 1. The minimum Gasteiger partial charge on any atom is -0.481 e. The maximum atomic E-state index is 12.6. The van der Waals surface area contributed by atoms with Gasteiger partial charge in [-0.25, -0.2) is 8.42 Å². The van der Waals surface area contributed by atoms with Crippen LogP contribution in [0.4, 0.5) is 5.69 Å². The molecule has 0 spiro atoms. The fourth-order valence-electron chi connectivity index (χ4n) is 2.63. The topological polar surface area (TPSA) is 104 Å². The van der Waals surface area contributed by atoms with Crippen molar-refractivity contribution in [2.45, 2.75) is 43.4 Å². The Morgan fingerprint density at radius 2 is 1.80 bits per heavy atom. The number of aliphatic carboxylic acids is 1. The first-order valence-corrected chi connectivity index (χ1v) is 9.94. The lowest BCUT2D eigenvalue weighted by Gasteiger charge is -2.17. The normalized spacial score (nSPS) is 15.2. The highest BCUT2D eigenvalue weighted by Gasteiger charge is 2.29. The smallest absolute Gasteiger partial charge is 0.303 e. The maximum absolute atomic E-state index is 12.6. The zero-order valence-corrected chi connectivity index (χ0v) is 15.3. The van der Waals surface area contributed by atoms with E-state index in [1.54, 1.807) is 6.07 Å². The third-order valence-corrected chi connectivity index (χ3v) is 6.32. The van der Waals surface area contributed by atoms with Crippen LogP contribution in [0.15, 0.2) is 23.1 Å². The summed E-state index contributed by atoms with van der Waals surface area (Å²) in [6.07, 6.45) is 2.70. The molecular weight excluding hydrogens is 368 g/mol. The summed E-state index contributed by atoms with van der Waals surface area (Å²) in [6.45, 7) is 0.942. The molecule has 0 bridgehead atoms. The standard InChI is InChI=1S/C16H21ClN2O5S/c17-13-8-7-12(18-15(20)5-1-2-6-16(21)22)11-14(13)25(23,24)19-9-3-4-10-19/h7-8,11H,1-6,9-10H2,(H,18,20)(H,21,22). The molecule has 138 valence electrons. The van der Waals surface area contributed by atoms with Crippen LogP contribution in [0.2, 0.25) is 5.02 Å². The fourth-order valence-corrected chi connectivity index (χ4v) is 4.65. The summed E-state index contributed by atoms with van der Waals surface area (Å²) in [5.74, 6) is -1.19. The molecule has 1 heterocycles. The average Bonchev–Trinajstić information content (AvgIpc) is 3.08. The predicted octanol–water partition coefficient (Wildman–Crippen LogP) is 2.71. The summed E-state index contributed by atoms with van der Waals surface area (Å²) in [4.78, 5) is 22.3. The number of amides is 1. The van der Waals surface area contributed by atoms with Gasteiger partial charge in [0.2, 0.25) is 15.9 Å². The van der Waals surface area contributed by atoms with Gasteiger partial charge in [-0.15, -0.1) is 0 Å². The molecule has 2 rings (SSSR count). The van der Waals surface area contributed by atoms with Gasteiger partial charge in [0.05, 0.1) is 5.02 Å². The van der Waals surface area contributed by atoms with E-state index in [2.05, 4.69) is 5.32 Å². The number of carbonyl (C=O) groups excluding carboxylic acids is 1. The first-order chi connectivity index (χ1) is 11.8. The third kappa shape index (κ3) is 5.42.